The molecule has 0 bridgehead atoms. The van der Waals surface area contributed by atoms with Crippen LogP contribution in [-0.2, 0) is 19.0 Å². The normalized spacial score (nSPS) is 35.6. The SMILES string of the molecule is COc1cc(C2OCC3C(c4ccc5c(c4)OCO5)OCC23)ccc1OC1OC(C(=O)O)C(O)C(O)C1O. The summed E-state index contributed by atoms with van der Waals surface area (Å²) in [6.45, 7) is 1.22. The third-order valence-electron chi connectivity index (χ3n) is 7.56. The fraction of sp³-hybridized carbons (Fsp3) is 0.500. The molecule has 0 amide bonds. The van der Waals surface area contributed by atoms with E-state index in [1.54, 1.807) is 18.2 Å². The Hall–Kier alpha value is -3.13. The Morgan fingerprint density at radius 2 is 1.50 bits per heavy atom. The molecule has 2 aromatic rings. The van der Waals surface area contributed by atoms with Crippen LogP contribution in [0.2, 0.25) is 0 Å². The number of rotatable bonds is 6. The van der Waals surface area contributed by atoms with Crippen molar-refractivity contribution in [2.45, 2.75) is 42.9 Å². The summed E-state index contributed by atoms with van der Waals surface area (Å²) in [7, 11) is 1.44. The van der Waals surface area contributed by atoms with Crippen molar-refractivity contribution in [1.29, 1.82) is 0 Å². The molecule has 3 saturated heterocycles. The van der Waals surface area contributed by atoms with E-state index in [-0.39, 0.29) is 36.6 Å². The zero-order valence-corrected chi connectivity index (χ0v) is 20.3. The molecule has 0 aromatic heterocycles. The van der Waals surface area contributed by atoms with Gasteiger partial charge in [0.1, 0.15) is 18.3 Å². The third kappa shape index (κ3) is 4.23. The quantitative estimate of drug-likeness (QED) is 0.414. The second-order valence-electron chi connectivity index (χ2n) is 9.71. The molecule has 0 spiro atoms. The number of methoxy groups -OCH3 is 1. The molecule has 4 heterocycles. The minimum absolute atomic E-state index is 0.0957. The van der Waals surface area contributed by atoms with Crippen molar-refractivity contribution < 1.29 is 58.4 Å². The van der Waals surface area contributed by atoms with Gasteiger partial charge in [0.05, 0.1) is 32.5 Å². The van der Waals surface area contributed by atoms with E-state index in [0.717, 1.165) is 11.1 Å². The van der Waals surface area contributed by atoms with Gasteiger partial charge in [-0.1, -0.05) is 12.1 Å². The van der Waals surface area contributed by atoms with Crippen LogP contribution in [0.5, 0.6) is 23.0 Å². The van der Waals surface area contributed by atoms with Gasteiger partial charge in [-0.25, -0.2) is 4.79 Å². The Labute approximate surface area is 217 Å². The minimum atomic E-state index is -1.81. The highest BCUT2D eigenvalue weighted by molar-refractivity contribution is 5.73. The monoisotopic (exact) mass is 532 g/mol. The van der Waals surface area contributed by atoms with Crippen molar-refractivity contribution >= 4 is 5.97 Å². The summed E-state index contributed by atoms with van der Waals surface area (Å²) >= 11 is 0. The van der Waals surface area contributed by atoms with Gasteiger partial charge in [0.15, 0.2) is 29.1 Å². The van der Waals surface area contributed by atoms with Crippen LogP contribution in [0.4, 0.5) is 0 Å². The van der Waals surface area contributed by atoms with Crippen LogP contribution < -0.4 is 18.9 Å². The molecule has 0 aliphatic carbocycles. The van der Waals surface area contributed by atoms with Gasteiger partial charge in [0, 0.05) is 11.8 Å². The molecule has 38 heavy (non-hydrogen) atoms. The zero-order valence-electron chi connectivity index (χ0n) is 20.3. The van der Waals surface area contributed by atoms with Gasteiger partial charge in [-0.15, -0.1) is 0 Å². The van der Waals surface area contributed by atoms with E-state index in [1.165, 1.54) is 7.11 Å². The highest BCUT2D eigenvalue weighted by Gasteiger charge is 2.50. The summed E-state index contributed by atoms with van der Waals surface area (Å²) in [6.07, 6.45) is -8.99. The lowest BCUT2D eigenvalue weighted by atomic mass is 9.85. The molecular weight excluding hydrogens is 504 g/mol. The molecule has 4 aliphatic rings. The Kier molecular flexibility index (Phi) is 6.54. The largest absolute Gasteiger partial charge is 0.493 e. The number of ether oxygens (including phenoxy) is 7. The molecule has 12 heteroatoms. The number of aliphatic hydroxyl groups excluding tert-OH is 3. The van der Waals surface area contributed by atoms with E-state index < -0.39 is 36.7 Å². The first-order chi connectivity index (χ1) is 18.4. The summed E-state index contributed by atoms with van der Waals surface area (Å²) < 4.78 is 39.7. The molecule has 9 atom stereocenters. The summed E-state index contributed by atoms with van der Waals surface area (Å²) in [5.74, 6) is 0.604. The van der Waals surface area contributed by atoms with Crippen LogP contribution in [0.3, 0.4) is 0 Å². The van der Waals surface area contributed by atoms with Crippen molar-refractivity contribution in [3.8, 4) is 23.0 Å². The predicted octanol–water partition coefficient (Wildman–Crippen LogP) is 0.770. The van der Waals surface area contributed by atoms with Crippen LogP contribution in [0.1, 0.15) is 23.3 Å². The Morgan fingerprint density at radius 1 is 0.842 bits per heavy atom. The van der Waals surface area contributed by atoms with Crippen molar-refractivity contribution in [2.24, 2.45) is 11.8 Å². The first-order valence-electron chi connectivity index (χ1n) is 12.3. The lowest BCUT2D eigenvalue weighted by Gasteiger charge is -2.38. The van der Waals surface area contributed by atoms with Gasteiger partial charge < -0.3 is 53.6 Å². The first kappa shape index (κ1) is 25.2. The van der Waals surface area contributed by atoms with Gasteiger partial charge in [-0.05, 0) is 35.4 Å². The molecule has 204 valence electrons. The van der Waals surface area contributed by atoms with Crippen molar-refractivity contribution in [3.05, 3.63) is 47.5 Å². The number of benzene rings is 2. The maximum atomic E-state index is 11.4. The smallest absolute Gasteiger partial charge is 0.335 e. The lowest BCUT2D eigenvalue weighted by molar-refractivity contribution is -0.271. The van der Waals surface area contributed by atoms with Crippen LogP contribution in [0, 0.1) is 11.8 Å². The number of hydrogen-bond acceptors (Lipinski definition) is 11. The summed E-state index contributed by atoms with van der Waals surface area (Å²) in [5.41, 5.74) is 1.84. The number of fused-ring (bicyclic) bond motifs is 2. The molecule has 9 unspecified atom stereocenters. The predicted molar refractivity (Wildman–Crippen MR) is 125 cm³/mol. The lowest BCUT2D eigenvalue weighted by Crippen LogP contribution is -2.61. The van der Waals surface area contributed by atoms with E-state index in [2.05, 4.69) is 0 Å². The maximum absolute atomic E-state index is 11.4. The van der Waals surface area contributed by atoms with Crippen LogP contribution in [-0.4, -0.2) is 84.2 Å². The summed E-state index contributed by atoms with van der Waals surface area (Å²) in [6, 6.07) is 10.9. The highest BCUT2D eigenvalue weighted by atomic mass is 16.7. The number of carboxylic acid groups (broad SMARTS) is 1. The Balaban J connectivity index is 1.18. The molecule has 6 rings (SSSR count). The molecular formula is C26H28O12. The van der Waals surface area contributed by atoms with E-state index in [4.69, 9.17) is 33.2 Å². The topological polar surface area (TPSA) is 163 Å². The highest BCUT2D eigenvalue weighted by Crippen LogP contribution is 2.52. The molecule has 3 fully saturated rings. The van der Waals surface area contributed by atoms with Gasteiger partial charge in [0.2, 0.25) is 13.1 Å². The fourth-order valence-electron chi connectivity index (χ4n) is 5.56. The Morgan fingerprint density at radius 3 is 2.18 bits per heavy atom. The van der Waals surface area contributed by atoms with Gasteiger partial charge in [-0.2, -0.15) is 0 Å². The van der Waals surface area contributed by atoms with Gasteiger partial charge >= 0.3 is 5.97 Å². The molecule has 4 N–H and O–H groups in total. The zero-order chi connectivity index (χ0) is 26.6. The number of aliphatic hydroxyl groups is 3. The fourth-order valence-corrected chi connectivity index (χ4v) is 5.56. The van der Waals surface area contributed by atoms with Crippen molar-refractivity contribution in [2.75, 3.05) is 27.1 Å². The maximum Gasteiger partial charge on any atom is 0.335 e. The van der Waals surface area contributed by atoms with Crippen LogP contribution in [0.15, 0.2) is 36.4 Å². The van der Waals surface area contributed by atoms with E-state index in [1.807, 2.05) is 18.2 Å². The van der Waals surface area contributed by atoms with E-state index in [0.29, 0.717) is 30.5 Å². The second kappa shape index (κ2) is 9.88. The van der Waals surface area contributed by atoms with E-state index >= 15 is 0 Å². The number of carbonyl (C=O) groups is 1. The molecule has 0 radical (unpaired) electrons. The number of aliphatic carboxylic acids is 1. The molecule has 0 saturated carbocycles. The Bertz CT molecular complexity index is 1200. The standard InChI is InChI=1S/C26H28O12/c1-32-17-6-11(3-5-16(17)37-26-21(29)19(27)20(28)24(38-26)25(30)31)22-13-8-34-23(14(13)9-33-22)12-2-4-15-18(7-12)36-10-35-15/h2-7,13-14,19-24,26-29H,8-10H2,1H3,(H,30,31). The summed E-state index contributed by atoms with van der Waals surface area (Å²) in [4.78, 5) is 11.4. The van der Waals surface area contributed by atoms with Gasteiger partial charge in [0.25, 0.3) is 0 Å². The average Bonchev–Trinajstić information content (AvgIpc) is 3.65. The molecule has 2 aromatic carbocycles. The second-order valence-corrected chi connectivity index (χ2v) is 9.71. The van der Waals surface area contributed by atoms with E-state index in [9.17, 15) is 25.2 Å². The third-order valence-corrected chi connectivity index (χ3v) is 7.56. The molecule has 4 aliphatic heterocycles. The molecule has 12 nitrogen and oxygen atoms in total. The summed E-state index contributed by atoms with van der Waals surface area (Å²) in [5, 5.41) is 39.5. The average molecular weight is 532 g/mol. The van der Waals surface area contributed by atoms with Crippen LogP contribution >= 0.6 is 0 Å². The van der Waals surface area contributed by atoms with Gasteiger partial charge in [-0.3, -0.25) is 0 Å². The van der Waals surface area contributed by atoms with Crippen LogP contribution in [0.25, 0.3) is 0 Å². The van der Waals surface area contributed by atoms with Crippen molar-refractivity contribution in [3.63, 3.8) is 0 Å². The minimum Gasteiger partial charge on any atom is -0.493 e. The van der Waals surface area contributed by atoms with Crippen molar-refractivity contribution in [1.82, 2.24) is 0 Å². The number of hydrogen-bond donors (Lipinski definition) is 4. The first-order valence-corrected chi connectivity index (χ1v) is 12.3. The number of carboxylic acids is 1.